The van der Waals surface area contributed by atoms with Crippen molar-refractivity contribution in [2.75, 3.05) is 0 Å². The topological polar surface area (TPSA) is 57.5 Å². The minimum atomic E-state index is -0.912. The Kier molecular flexibility index (Phi) is 10.2. The molecule has 3 nitrogen and oxygen atoms in total. The molecule has 0 aliphatic heterocycles. The van der Waals surface area contributed by atoms with Gasteiger partial charge in [-0.05, 0) is 12.3 Å². The third kappa shape index (κ3) is 11.7. The summed E-state index contributed by atoms with van der Waals surface area (Å²) in [5.74, 6) is -0.214. The smallest absolute Gasteiger partial charge is 0.305 e. The number of aliphatic hydroxyl groups is 1. The molecule has 0 aliphatic rings. The fraction of sp³-hybridized carbons (Fsp3) is 0.929. The Morgan fingerprint density at radius 2 is 1.71 bits per heavy atom. The quantitative estimate of drug-likeness (QED) is 0.546. The Bertz CT molecular complexity index is 192. The molecule has 17 heavy (non-hydrogen) atoms. The first-order valence-electron chi connectivity index (χ1n) is 6.96. The molecule has 0 bridgehead atoms. The van der Waals surface area contributed by atoms with Crippen molar-refractivity contribution in [3.63, 3.8) is 0 Å². The summed E-state index contributed by atoms with van der Waals surface area (Å²) in [5, 5.41) is 17.9. The molecule has 0 saturated heterocycles. The molecule has 0 fully saturated rings. The van der Waals surface area contributed by atoms with Crippen LogP contribution in [-0.4, -0.2) is 22.3 Å². The van der Waals surface area contributed by atoms with E-state index in [1.807, 2.05) is 0 Å². The molecule has 0 spiro atoms. The van der Waals surface area contributed by atoms with E-state index in [1.165, 1.54) is 32.1 Å². The number of hydrogen-bond acceptors (Lipinski definition) is 2. The second-order valence-electron chi connectivity index (χ2n) is 5.14. The number of aliphatic hydroxyl groups excluding tert-OH is 1. The van der Waals surface area contributed by atoms with E-state index in [4.69, 9.17) is 5.11 Å². The Morgan fingerprint density at radius 1 is 1.06 bits per heavy atom. The normalized spacial score (nSPS) is 14.5. The van der Waals surface area contributed by atoms with Gasteiger partial charge in [-0.2, -0.15) is 0 Å². The summed E-state index contributed by atoms with van der Waals surface area (Å²) in [6.45, 7) is 4.46. The molecule has 0 saturated carbocycles. The van der Waals surface area contributed by atoms with Gasteiger partial charge in [0.25, 0.3) is 0 Å². The lowest BCUT2D eigenvalue weighted by molar-refractivity contribution is -0.139. The van der Waals surface area contributed by atoms with E-state index in [2.05, 4.69) is 13.8 Å². The van der Waals surface area contributed by atoms with Crippen molar-refractivity contribution in [3.8, 4) is 0 Å². The zero-order chi connectivity index (χ0) is 13.1. The average molecular weight is 244 g/mol. The maximum absolute atomic E-state index is 10.3. The summed E-state index contributed by atoms with van der Waals surface area (Å²) < 4.78 is 0. The standard InChI is InChI=1S/C14H28O3/c1-3-4-5-6-8-12(2)9-7-10-13(15)11-14(16)17/h12-13,15H,3-11H2,1-2H3,(H,16,17). The Balaban J connectivity index is 3.37. The van der Waals surface area contributed by atoms with Gasteiger partial charge in [0.05, 0.1) is 12.5 Å². The number of aliphatic carboxylic acids is 1. The van der Waals surface area contributed by atoms with Crippen molar-refractivity contribution in [3.05, 3.63) is 0 Å². The Hall–Kier alpha value is -0.570. The first-order valence-corrected chi connectivity index (χ1v) is 6.96. The highest BCUT2D eigenvalue weighted by molar-refractivity contribution is 5.67. The zero-order valence-electron chi connectivity index (χ0n) is 11.3. The van der Waals surface area contributed by atoms with Crippen LogP contribution in [0.15, 0.2) is 0 Å². The summed E-state index contributed by atoms with van der Waals surface area (Å²) in [6, 6.07) is 0. The van der Waals surface area contributed by atoms with Crippen LogP contribution >= 0.6 is 0 Å². The van der Waals surface area contributed by atoms with Gasteiger partial charge in [-0.15, -0.1) is 0 Å². The van der Waals surface area contributed by atoms with Gasteiger partial charge >= 0.3 is 5.97 Å². The minimum absolute atomic E-state index is 0.120. The highest BCUT2D eigenvalue weighted by atomic mass is 16.4. The minimum Gasteiger partial charge on any atom is -0.481 e. The lowest BCUT2D eigenvalue weighted by Crippen LogP contribution is -2.13. The van der Waals surface area contributed by atoms with Gasteiger partial charge in [-0.3, -0.25) is 4.79 Å². The number of hydrogen-bond donors (Lipinski definition) is 2. The van der Waals surface area contributed by atoms with Gasteiger partial charge in [-0.1, -0.05) is 58.8 Å². The molecule has 0 amide bonds. The van der Waals surface area contributed by atoms with Crippen molar-refractivity contribution in [2.24, 2.45) is 5.92 Å². The van der Waals surface area contributed by atoms with Gasteiger partial charge in [0.1, 0.15) is 0 Å². The summed E-state index contributed by atoms with van der Waals surface area (Å²) >= 11 is 0. The molecule has 2 N–H and O–H groups in total. The second-order valence-corrected chi connectivity index (χ2v) is 5.14. The Morgan fingerprint density at radius 3 is 2.29 bits per heavy atom. The number of unbranched alkanes of at least 4 members (excludes halogenated alkanes) is 3. The lowest BCUT2D eigenvalue weighted by atomic mass is 9.96. The number of carbonyl (C=O) groups is 1. The molecule has 0 aromatic heterocycles. The monoisotopic (exact) mass is 244 g/mol. The van der Waals surface area contributed by atoms with Crippen molar-refractivity contribution < 1.29 is 15.0 Å². The molecule has 0 aromatic rings. The van der Waals surface area contributed by atoms with Crippen LogP contribution in [-0.2, 0) is 4.79 Å². The predicted octanol–water partition coefficient (Wildman–Crippen LogP) is 3.60. The van der Waals surface area contributed by atoms with E-state index in [0.29, 0.717) is 12.3 Å². The zero-order valence-corrected chi connectivity index (χ0v) is 11.3. The SMILES string of the molecule is CCCCCCC(C)CCCC(O)CC(=O)O. The van der Waals surface area contributed by atoms with Crippen molar-refractivity contribution >= 4 is 5.97 Å². The third-order valence-electron chi connectivity index (χ3n) is 3.19. The highest BCUT2D eigenvalue weighted by Crippen LogP contribution is 2.17. The van der Waals surface area contributed by atoms with Crippen LogP contribution in [0.3, 0.4) is 0 Å². The summed E-state index contributed by atoms with van der Waals surface area (Å²) in [7, 11) is 0. The molecule has 2 atom stereocenters. The van der Waals surface area contributed by atoms with E-state index in [-0.39, 0.29) is 6.42 Å². The molecule has 0 aliphatic carbocycles. The maximum Gasteiger partial charge on any atom is 0.305 e. The van der Waals surface area contributed by atoms with Crippen LogP contribution in [0.4, 0.5) is 0 Å². The van der Waals surface area contributed by atoms with Crippen LogP contribution in [0, 0.1) is 5.92 Å². The molecule has 0 rings (SSSR count). The highest BCUT2D eigenvalue weighted by Gasteiger charge is 2.10. The number of carboxylic acids is 1. The van der Waals surface area contributed by atoms with Crippen molar-refractivity contribution in [2.45, 2.75) is 77.7 Å². The third-order valence-corrected chi connectivity index (χ3v) is 3.19. The number of carboxylic acid groups (broad SMARTS) is 1. The van der Waals surface area contributed by atoms with Gasteiger partial charge in [0, 0.05) is 0 Å². The summed E-state index contributed by atoms with van der Waals surface area (Å²) in [6.07, 6.45) is 8.34. The molecule has 2 unspecified atom stereocenters. The van der Waals surface area contributed by atoms with Gasteiger partial charge in [0.15, 0.2) is 0 Å². The molecular formula is C14H28O3. The van der Waals surface area contributed by atoms with E-state index in [0.717, 1.165) is 12.8 Å². The fourth-order valence-corrected chi connectivity index (χ4v) is 2.07. The van der Waals surface area contributed by atoms with E-state index >= 15 is 0 Å². The van der Waals surface area contributed by atoms with Crippen LogP contribution < -0.4 is 0 Å². The molecule has 3 heteroatoms. The van der Waals surface area contributed by atoms with Gasteiger partial charge in [-0.25, -0.2) is 0 Å². The first kappa shape index (κ1) is 16.4. The first-order chi connectivity index (χ1) is 8.06. The van der Waals surface area contributed by atoms with Crippen molar-refractivity contribution in [1.82, 2.24) is 0 Å². The van der Waals surface area contributed by atoms with E-state index in [1.54, 1.807) is 0 Å². The van der Waals surface area contributed by atoms with Gasteiger partial charge < -0.3 is 10.2 Å². The molecule has 102 valence electrons. The molecule has 0 radical (unpaired) electrons. The predicted molar refractivity (Wildman–Crippen MR) is 70.0 cm³/mol. The van der Waals surface area contributed by atoms with E-state index in [9.17, 15) is 9.90 Å². The molecular weight excluding hydrogens is 216 g/mol. The van der Waals surface area contributed by atoms with Crippen LogP contribution in [0.1, 0.15) is 71.6 Å². The largest absolute Gasteiger partial charge is 0.481 e. The lowest BCUT2D eigenvalue weighted by Gasteiger charge is -2.12. The van der Waals surface area contributed by atoms with E-state index < -0.39 is 12.1 Å². The average Bonchev–Trinajstić information content (AvgIpc) is 2.23. The fourth-order valence-electron chi connectivity index (χ4n) is 2.07. The van der Waals surface area contributed by atoms with Crippen LogP contribution in [0.5, 0.6) is 0 Å². The second kappa shape index (κ2) is 10.6. The van der Waals surface area contributed by atoms with Crippen molar-refractivity contribution in [1.29, 1.82) is 0 Å². The Labute approximate surface area is 105 Å². The molecule has 0 heterocycles. The maximum atomic E-state index is 10.3. The van der Waals surface area contributed by atoms with Gasteiger partial charge in [0.2, 0.25) is 0 Å². The van der Waals surface area contributed by atoms with Crippen LogP contribution in [0.2, 0.25) is 0 Å². The number of rotatable bonds is 11. The summed E-state index contributed by atoms with van der Waals surface area (Å²) in [4.78, 5) is 10.3. The molecule has 0 aromatic carbocycles. The van der Waals surface area contributed by atoms with Crippen LogP contribution in [0.25, 0.3) is 0 Å². The summed E-state index contributed by atoms with van der Waals surface area (Å²) in [5.41, 5.74) is 0.